The van der Waals surface area contributed by atoms with E-state index in [1.54, 1.807) is 31.2 Å². The number of carbonyl (C=O) groups excluding carboxylic acids is 3. The summed E-state index contributed by atoms with van der Waals surface area (Å²) >= 11 is 0. The minimum Gasteiger partial charge on any atom is -0.391 e. The Balaban J connectivity index is 0.00000552. The molecule has 45 heavy (non-hydrogen) atoms. The second-order valence-electron chi connectivity index (χ2n) is 11.7. The Kier molecular flexibility index (Phi) is 15.2. The van der Waals surface area contributed by atoms with Crippen LogP contribution in [0.15, 0.2) is 109 Å². The Morgan fingerprint density at radius 2 is 1.40 bits per heavy atom. The van der Waals surface area contributed by atoms with E-state index < -0.39 is 12.1 Å². The molecule has 2 N–H and O–H groups in total. The minimum atomic E-state index is -0.876. The molecular formula is C39H42NO4Y-. The molecule has 0 unspecified atom stereocenters. The summed E-state index contributed by atoms with van der Waals surface area (Å²) in [4.78, 5) is 39.8. The summed E-state index contributed by atoms with van der Waals surface area (Å²) in [5, 5.41) is 13.8. The number of hydrogen-bond acceptors (Lipinski definition) is 5. The molecule has 0 heterocycles. The van der Waals surface area contributed by atoms with Crippen molar-refractivity contribution >= 4 is 17.3 Å². The van der Waals surface area contributed by atoms with E-state index in [0.29, 0.717) is 43.4 Å². The summed E-state index contributed by atoms with van der Waals surface area (Å²) < 4.78 is 0. The Bertz CT molecular complexity index is 1490. The summed E-state index contributed by atoms with van der Waals surface area (Å²) in [7, 11) is 0. The molecule has 4 atom stereocenters. The van der Waals surface area contributed by atoms with Gasteiger partial charge in [-0.1, -0.05) is 92.2 Å². The third-order valence-electron chi connectivity index (χ3n) is 8.10. The van der Waals surface area contributed by atoms with Crippen LogP contribution >= 0.6 is 0 Å². The normalized spacial score (nSPS) is 13.6. The molecule has 4 rings (SSSR count). The number of ketones is 3. The van der Waals surface area contributed by atoms with Crippen molar-refractivity contribution in [3.63, 3.8) is 0 Å². The molecule has 0 saturated carbocycles. The zero-order valence-electron chi connectivity index (χ0n) is 26.2. The molecule has 0 aromatic heterocycles. The van der Waals surface area contributed by atoms with Crippen LogP contribution in [0, 0.1) is 12.0 Å². The number of hydrogen-bond donors (Lipinski definition) is 2. The van der Waals surface area contributed by atoms with Gasteiger partial charge in [-0.05, 0) is 48.9 Å². The fourth-order valence-electron chi connectivity index (χ4n) is 5.56. The van der Waals surface area contributed by atoms with E-state index in [0.717, 1.165) is 16.7 Å². The summed E-state index contributed by atoms with van der Waals surface area (Å²) in [5.41, 5.74) is 4.26. The molecule has 0 saturated heterocycles. The average Bonchev–Trinajstić information content (AvgIpc) is 3.05. The average molecular weight is 678 g/mol. The Morgan fingerprint density at radius 3 is 2.02 bits per heavy atom. The van der Waals surface area contributed by atoms with Gasteiger partial charge in [-0.3, -0.25) is 14.4 Å². The zero-order valence-corrected chi connectivity index (χ0v) is 29.0. The Labute approximate surface area is 292 Å². The van der Waals surface area contributed by atoms with Crippen molar-refractivity contribution in [2.24, 2.45) is 5.92 Å². The van der Waals surface area contributed by atoms with E-state index in [2.05, 4.69) is 11.4 Å². The van der Waals surface area contributed by atoms with E-state index in [1.165, 1.54) is 0 Å². The number of benzene rings is 4. The van der Waals surface area contributed by atoms with Crippen LogP contribution in [0.1, 0.15) is 76.4 Å². The first-order valence-corrected chi connectivity index (χ1v) is 15.4. The third kappa shape index (κ3) is 11.7. The van der Waals surface area contributed by atoms with Crippen molar-refractivity contribution in [3.8, 4) is 0 Å². The largest absolute Gasteiger partial charge is 0.391 e. The maximum absolute atomic E-state index is 13.6. The van der Waals surface area contributed by atoms with Crippen molar-refractivity contribution in [1.82, 2.24) is 5.32 Å². The molecule has 5 nitrogen and oxygen atoms in total. The van der Waals surface area contributed by atoms with Gasteiger partial charge >= 0.3 is 0 Å². The number of aryl methyl sites for hydroxylation is 1. The van der Waals surface area contributed by atoms with Gasteiger partial charge in [0.1, 0.15) is 0 Å². The predicted molar refractivity (Wildman–Crippen MR) is 175 cm³/mol. The molecule has 0 bridgehead atoms. The van der Waals surface area contributed by atoms with Crippen molar-refractivity contribution in [3.05, 3.63) is 143 Å². The van der Waals surface area contributed by atoms with Crippen LogP contribution in [0.3, 0.4) is 0 Å². The van der Waals surface area contributed by atoms with Crippen LogP contribution in [0.2, 0.25) is 0 Å². The van der Waals surface area contributed by atoms with E-state index in [4.69, 9.17) is 0 Å². The molecule has 6 heteroatoms. The van der Waals surface area contributed by atoms with Crippen molar-refractivity contribution in [1.29, 1.82) is 0 Å². The molecule has 0 fully saturated rings. The first kappa shape index (κ1) is 36.4. The van der Waals surface area contributed by atoms with Gasteiger partial charge in [0.15, 0.2) is 17.3 Å². The van der Waals surface area contributed by atoms with E-state index >= 15 is 0 Å². The fourth-order valence-corrected chi connectivity index (χ4v) is 5.56. The van der Waals surface area contributed by atoms with Crippen LogP contribution in [-0.2, 0) is 50.3 Å². The number of carbonyl (C=O) groups is 3. The maximum atomic E-state index is 13.6. The van der Waals surface area contributed by atoms with Crippen molar-refractivity contribution < 1.29 is 52.2 Å². The first-order valence-electron chi connectivity index (χ1n) is 15.4. The smallest absolute Gasteiger partial charge is 0.163 e. The summed E-state index contributed by atoms with van der Waals surface area (Å²) in [6.07, 6.45) is 1.23. The van der Waals surface area contributed by atoms with Crippen LogP contribution < -0.4 is 5.32 Å². The van der Waals surface area contributed by atoms with E-state index in [1.807, 2.05) is 91.9 Å². The van der Waals surface area contributed by atoms with Gasteiger partial charge in [0.05, 0.1) is 12.1 Å². The Hall–Kier alpha value is -3.09. The van der Waals surface area contributed by atoms with E-state index in [-0.39, 0.29) is 68.3 Å². The molecule has 0 amide bonds. The molecule has 0 aliphatic rings. The minimum absolute atomic E-state index is 0. The number of nitrogens with one attached hydrogen (secondary N) is 1. The van der Waals surface area contributed by atoms with Gasteiger partial charge in [0.2, 0.25) is 0 Å². The number of Topliss-reactive ketones (excluding diaryl/α,β-unsaturated/α-hetero) is 3. The predicted octanol–water partition coefficient (Wildman–Crippen LogP) is 6.83. The van der Waals surface area contributed by atoms with Crippen LogP contribution in [0.25, 0.3) is 0 Å². The van der Waals surface area contributed by atoms with Gasteiger partial charge < -0.3 is 10.4 Å². The molecule has 0 aliphatic carbocycles. The Morgan fingerprint density at radius 1 is 0.778 bits per heavy atom. The topological polar surface area (TPSA) is 83.5 Å². The van der Waals surface area contributed by atoms with Gasteiger partial charge in [0.25, 0.3) is 0 Å². The summed E-state index contributed by atoms with van der Waals surface area (Å²) in [6.45, 7) is 4.04. The molecule has 231 valence electrons. The van der Waals surface area contributed by atoms with Crippen molar-refractivity contribution in [2.75, 3.05) is 6.54 Å². The molecule has 0 aliphatic heterocycles. The molecule has 4 aromatic rings. The van der Waals surface area contributed by atoms with Gasteiger partial charge in [-0.25, -0.2) is 0 Å². The number of rotatable bonds is 17. The summed E-state index contributed by atoms with van der Waals surface area (Å²) in [5.74, 6) is -0.173. The summed E-state index contributed by atoms with van der Waals surface area (Å²) in [6, 6.07) is 36.7. The first-order chi connectivity index (χ1) is 21.3. The van der Waals surface area contributed by atoms with Crippen molar-refractivity contribution in [2.45, 2.75) is 64.0 Å². The number of aliphatic hydroxyl groups is 1. The SMILES string of the molecule is C[C@H](O)[C@H](NC[C@@H](CC(=O)c1cccc(C(=O)C[C@H](C)c2ccccc2)c1)Cc1ccccc1)C(=O)CCc1c[c-]ccc1.[Y]. The second-order valence-corrected chi connectivity index (χ2v) is 11.7. The number of aliphatic hydroxyl groups excluding tert-OH is 1. The van der Waals surface area contributed by atoms with Gasteiger partial charge in [-0.2, -0.15) is 35.9 Å². The monoisotopic (exact) mass is 677 g/mol. The van der Waals surface area contributed by atoms with Crippen LogP contribution in [0.5, 0.6) is 0 Å². The van der Waals surface area contributed by atoms with Gasteiger partial charge in [-0.15, -0.1) is 0 Å². The standard InChI is InChI=1S/C39H42NO4.Y/c1-28(33-17-10-5-11-18-33)23-37(43)34-19-12-20-35(26-34)38(44)25-32(24-31-15-8-4-9-16-31)27-40-39(29(2)41)36(42)22-21-30-13-6-3-7-14-30;/h3-6,8-20,26,28-29,32,39-41H,21-25,27H2,1-2H3;/q-1;/t28-,29-,32+,39-;/m0./s1. The second kappa shape index (κ2) is 18.8. The van der Waals surface area contributed by atoms with E-state index in [9.17, 15) is 19.5 Å². The zero-order chi connectivity index (χ0) is 31.3. The van der Waals surface area contributed by atoms with Crippen LogP contribution in [0.4, 0.5) is 0 Å². The molecule has 4 aromatic carbocycles. The quantitative estimate of drug-likeness (QED) is 0.0946. The molecule has 1 radical (unpaired) electrons. The van der Waals surface area contributed by atoms with Crippen LogP contribution in [-0.4, -0.2) is 41.1 Å². The third-order valence-corrected chi connectivity index (χ3v) is 8.10. The maximum Gasteiger partial charge on any atom is 0.163 e. The fraction of sp³-hybridized carbons (Fsp3) is 0.308. The molecular weight excluding hydrogens is 635 g/mol. The molecule has 0 spiro atoms. The van der Waals surface area contributed by atoms with Gasteiger partial charge in [0, 0.05) is 63.1 Å².